The van der Waals surface area contributed by atoms with Crippen molar-refractivity contribution in [2.45, 2.75) is 114 Å². The van der Waals surface area contributed by atoms with Crippen LogP contribution in [0.15, 0.2) is 24.3 Å². The fraction of sp³-hybridized carbons (Fsp3) is 0.710. The van der Waals surface area contributed by atoms with Gasteiger partial charge in [-0.1, -0.05) is 57.4 Å². The second-order valence-corrected chi connectivity index (χ2v) is 12.6. The second kappa shape index (κ2) is 14.1. The second-order valence-electron chi connectivity index (χ2n) is 12.1. The predicted molar refractivity (Wildman–Crippen MR) is 159 cm³/mol. The van der Waals surface area contributed by atoms with Crippen LogP contribution in [-0.2, 0) is 20.8 Å². The van der Waals surface area contributed by atoms with Gasteiger partial charge in [-0.25, -0.2) is 0 Å². The molecular formula is C31H48ClN5O3. The number of carbonyl (C=O) groups is 3. The van der Waals surface area contributed by atoms with Crippen LogP contribution in [0, 0.1) is 5.92 Å². The number of rotatable bonds is 8. The maximum atomic E-state index is 14.2. The number of alkyl halides is 1. The molecule has 1 aliphatic heterocycles. The largest absolute Gasteiger partial charge is 0.347 e. The third kappa shape index (κ3) is 7.00. The van der Waals surface area contributed by atoms with Crippen molar-refractivity contribution < 1.29 is 14.4 Å². The van der Waals surface area contributed by atoms with Crippen LogP contribution in [0.3, 0.4) is 0 Å². The lowest BCUT2D eigenvalue weighted by Crippen LogP contribution is -2.62. The molecule has 3 amide bonds. The SMILES string of the molecule is CNC(C)C(=O)NC(C(=O)N1CCCN(C2CCCCC2)C(Cl)C1C(=O)NC1CCCc2ccccc21)C(C)C. The summed E-state index contributed by atoms with van der Waals surface area (Å²) < 4.78 is 0. The Balaban J connectivity index is 1.63. The monoisotopic (exact) mass is 573 g/mol. The summed E-state index contributed by atoms with van der Waals surface area (Å²) in [5.74, 6) is -0.849. The van der Waals surface area contributed by atoms with E-state index in [1.807, 2.05) is 26.0 Å². The number of hydrogen-bond acceptors (Lipinski definition) is 5. The van der Waals surface area contributed by atoms with E-state index in [2.05, 4.69) is 33.0 Å². The maximum absolute atomic E-state index is 14.2. The zero-order chi connectivity index (χ0) is 28.8. The Kier molecular flexibility index (Phi) is 10.9. The molecule has 5 atom stereocenters. The summed E-state index contributed by atoms with van der Waals surface area (Å²) in [7, 11) is 1.72. The molecule has 0 bridgehead atoms. The number of nitrogens with zero attached hydrogens (tertiary/aromatic N) is 2. The minimum atomic E-state index is -0.854. The van der Waals surface area contributed by atoms with Crippen LogP contribution in [0.1, 0.15) is 89.3 Å². The molecule has 8 nitrogen and oxygen atoms in total. The topological polar surface area (TPSA) is 93.8 Å². The number of fused-ring (bicyclic) bond motifs is 1. The van der Waals surface area contributed by atoms with Crippen LogP contribution in [0.5, 0.6) is 0 Å². The number of likely N-dealkylation sites (N-methyl/N-ethyl adjacent to an activating group) is 1. The molecule has 0 aromatic heterocycles. The molecule has 5 unspecified atom stereocenters. The highest BCUT2D eigenvalue weighted by atomic mass is 35.5. The molecule has 2 aliphatic carbocycles. The molecule has 0 spiro atoms. The molecule has 4 rings (SSSR count). The lowest BCUT2D eigenvalue weighted by molar-refractivity contribution is -0.145. The highest BCUT2D eigenvalue weighted by molar-refractivity contribution is 6.22. The van der Waals surface area contributed by atoms with Gasteiger partial charge in [0.25, 0.3) is 0 Å². The van der Waals surface area contributed by atoms with E-state index in [0.29, 0.717) is 12.6 Å². The highest BCUT2D eigenvalue weighted by Crippen LogP contribution is 2.33. The Labute approximate surface area is 244 Å². The van der Waals surface area contributed by atoms with Crippen molar-refractivity contribution in [2.24, 2.45) is 5.92 Å². The zero-order valence-electron chi connectivity index (χ0n) is 24.6. The first-order valence-corrected chi connectivity index (χ1v) is 15.7. The summed E-state index contributed by atoms with van der Waals surface area (Å²) in [5, 5.41) is 9.19. The van der Waals surface area contributed by atoms with E-state index >= 15 is 0 Å². The van der Waals surface area contributed by atoms with Crippen molar-refractivity contribution in [3.63, 3.8) is 0 Å². The molecule has 3 aliphatic rings. The van der Waals surface area contributed by atoms with Crippen molar-refractivity contribution in [3.8, 4) is 0 Å². The van der Waals surface area contributed by atoms with Crippen molar-refractivity contribution in [2.75, 3.05) is 20.1 Å². The Morgan fingerprint density at radius 2 is 1.68 bits per heavy atom. The normalized spacial score (nSPS) is 25.9. The Morgan fingerprint density at radius 3 is 2.38 bits per heavy atom. The van der Waals surface area contributed by atoms with Gasteiger partial charge in [-0.15, -0.1) is 11.6 Å². The molecule has 1 aromatic carbocycles. The van der Waals surface area contributed by atoms with Gasteiger partial charge in [0.2, 0.25) is 17.7 Å². The Hall–Kier alpha value is -2.16. The van der Waals surface area contributed by atoms with Crippen LogP contribution in [-0.4, -0.2) is 77.3 Å². The number of carbonyl (C=O) groups excluding carboxylic acids is 3. The fourth-order valence-corrected chi connectivity index (χ4v) is 7.10. The van der Waals surface area contributed by atoms with Crippen LogP contribution < -0.4 is 16.0 Å². The molecule has 0 radical (unpaired) electrons. The molecule has 3 N–H and O–H groups in total. The Morgan fingerprint density at radius 1 is 0.950 bits per heavy atom. The van der Waals surface area contributed by atoms with E-state index in [4.69, 9.17) is 11.6 Å². The van der Waals surface area contributed by atoms with Gasteiger partial charge in [-0.05, 0) is 69.5 Å². The summed E-state index contributed by atoms with van der Waals surface area (Å²) in [6, 6.07) is 6.44. The van der Waals surface area contributed by atoms with E-state index in [0.717, 1.165) is 63.5 Å². The first kappa shape index (κ1) is 30.8. The number of amides is 3. The number of nitrogens with one attached hydrogen (secondary N) is 3. The van der Waals surface area contributed by atoms with Crippen LogP contribution >= 0.6 is 11.6 Å². The standard InChI is InChI=1S/C31H48ClN5O3/c1-20(2)26(35-29(38)21(3)33-4)31(40)37-19-11-18-36(23-14-6-5-7-15-23)28(32)27(37)30(39)34-25-17-10-13-22-12-8-9-16-24(22)25/h8-9,12,16,20-21,23,25-28,33H,5-7,10-11,13-15,17-19H2,1-4H3,(H,34,39)(H,35,38). The minimum absolute atomic E-state index is 0.110. The van der Waals surface area contributed by atoms with Crippen LogP contribution in [0.25, 0.3) is 0 Å². The smallest absolute Gasteiger partial charge is 0.246 e. The molecule has 1 aromatic rings. The van der Waals surface area contributed by atoms with Crippen LogP contribution in [0.4, 0.5) is 0 Å². The van der Waals surface area contributed by atoms with E-state index in [1.165, 1.54) is 12.0 Å². The van der Waals surface area contributed by atoms with E-state index in [1.54, 1.807) is 18.9 Å². The molecule has 222 valence electrons. The first-order valence-electron chi connectivity index (χ1n) is 15.3. The highest BCUT2D eigenvalue weighted by Gasteiger charge is 2.45. The van der Waals surface area contributed by atoms with Gasteiger partial charge in [0.05, 0.1) is 12.1 Å². The average molecular weight is 574 g/mol. The van der Waals surface area contributed by atoms with Gasteiger partial charge in [0, 0.05) is 19.1 Å². The number of hydrogen-bond donors (Lipinski definition) is 3. The quantitative estimate of drug-likeness (QED) is 0.325. The van der Waals surface area contributed by atoms with Gasteiger partial charge in [-0.2, -0.15) is 0 Å². The molecule has 40 heavy (non-hydrogen) atoms. The summed E-state index contributed by atoms with van der Waals surface area (Å²) in [6.07, 6.45) is 9.27. The lowest BCUT2D eigenvalue weighted by Gasteiger charge is -2.41. The number of aryl methyl sites for hydroxylation is 1. The van der Waals surface area contributed by atoms with E-state index < -0.39 is 23.6 Å². The zero-order valence-corrected chi connectivity index (χ0v) is 25.4. The number of halogens is 1. The molecule has 9 heteroatoms. The minimum Gasteiger partial charge on any atom is -0.347 e. The predicted octanol–water partition coefficient (Wildman–Crippen LogP) is 3.73. The van der Waals surface area contributed by atoms with E-state index in [-0.39, 0.29) is 29.7 Å². The van der Waals surface area contributed by atoms with Gasteiger partial charge >= 0.3 is 0 Å². The van der Waals surface area contributed by atoms with Gasteiger partial charge in [0.1, 0.15) is 17.6 Å². The first-order chi connectivity index (χ1) is 19.2. The van der Waals surface area contributed by atoms with Gasteiger partial charge in [0.15, 0.2) is 0 Å². The fourth-order valence-electron chi connectivity index (χ4n) is 6.59. The third-order valence-electron chi connectivity index (χ3n) is 9.07. The number of benzene rings is 1. The van der Waals surface area contributed by atoms with Crippen molar-refractivity contribution in [1.82, 2.24) is 25.8 Å². The molecular weight excluding hydrogens is 526 g/mol. The molecule has 1 saturated heterocycles. The average Bonchev–Trinajstić information content (AvgIpc) is 3.14. The Bertz CT molecular complexity index is 1030. The molecule has 1 heterocycles. The van der Waals surface area contributed by atoms with Gasteiger partial charge < -0.3 is 20.9 Å². The van der Waals surface area contributed by atoms with Gasteiger partial charge in [-0.3, -0.25) is 19.3 Å². The summed E-state index contributed by atoms with van der Waals surface area (Å²) in [4.78, 5) is 45.2. The van der Waals surface area contributed by atoms with Crippen molar-refractivity contribution in [3.05, 3.63) is 35.4 Å². The summed E-state index contributed by atoms with van der Waals surface area (Å²) in [5.41, 5.74) is 1.77. The van der Waals surface area contributed by atoms with Crippen LogP contribution in [0.2, 0.25) is 0 Å². The summed E-state index contributed by atoms with van der Waals surface area (Å²) in [6.45, 7) is 6.77. The summed E-state index contributed by atoms with van der Waals surface area (Å²) >= 11 is 7.27. The van der Waals surface area contributed by atoms with Crippen molar-refractivity contribution >= 4 is 29.3 Å². The van der Waals surface area contributed by atoms with Crippen molar-refractivity contribution in [1.29, 1.82) is 0 Å². The maximum Gasteiger partial charge on any atom is 0.246 e. The molecule has 2 fully saturated rings. The third-order valence-corrected chi connectivity index (χ3v) is 9.56. The molecule has 1 saturated carbocycles. The lowest BCUT2D eigenvalue weighted by atomic mass is 9.87. The van der Waals surface area contributed by atoms with E-state index in [9.17, 15) is 14.4 Å².